The van der Waals surface area contributed by atoms with Crippen LogP contribution in [0, 0.1) is 23.7 Å². The van der Waals surface area contributed by atoms with E-state index in [0.29, 0.717) is 0 Å². The van der Waals surface area contributed by atoms with Crippen molar-refractivity contribution in [3.05, 3.63) is 0 Å². The first-order valence-electron chi connectivity index (χ1n) is 11.1. The molecule has 1 saturated heterocycles. The van der Waals surface area contributed by atoms with Gasteiger partial charge in [0.1, 0.15) is 0 Å². The molecule has 0 aliphatic carbocycles. The molecule has 0 bridgehead atoms. The molecule has 1 heterocycles. The summed E-state index contributed by atoms with van der Waals surface area (Å²) in [6.07, 6.45) is -1.33. The number of carbonyl (C=O) groups is 8. The Morgan fingerprint density at radius 1 is 0.361 bits per heavy atom. The van der Waals surface area contributed by atoms with Crippen molar-refractivity contribution in [2.45, 2.75) is 53.4 Å². The summed E-state index contributed by atoms with van der Waals surface area (Å²) in [6, 6.07) is 0. The molecular weight excluding hydrogens is 480 g/mol. The molecule has 0 saturated carbocycles. The van der Waals surface area contributed by atoms with Crippen molar-refractivity contribution in [3.63, 3.8) is 0 Å². The van der Waals surface area contributed by atoms with Gasteiger partial charge in [0.25, 0.3) is 0 Å². The molecule has 0 spiro atoms. The first-order valence-corrected chi connectivity index (χ1v) is 11.1. The van der Waals surface area contributed by atoms with Crippen LogP contribution in [-0.4, -0.2) is 47.3 Å². The Kier molecular flexibility index (Phi) is 11.8. The monoisotopic (exact) mass is 512 g/mol. The van der Waals surface area contributed by atoms with E-state index in [-0.39, 0.29) is 25.7 Å². The molecular formula is C20H32N8O8. The molecule has 8 N–H and O–H groups in total. The number of carbonyl (C=O) groups excluding carboxylic acids is 8. The van der Waals surface area contributed by atoms with Gasteiger partial charge in [0.2, 0.25) is 47.3 Å². The first-order chi connectivity index (χ1) is 16.8. The van der Waals surface area contributed by atoms with Crippen LogP contribution in [0.15, 0.2) is 0 Å². The number of hydrazine groups is 4. The fourth-order valence-corrected chi connectivity index (χ4v) is 2.71. The second-order valence-corrected chi connectivity index (χ2v) is 8.57. The van der Waals surface area contributed by atoms with E-state index < -0.39 is 70.9 Å². The lowest BCUT2D eigenvalue weighted by atomic mass is 10.1. The maximum Gasteiger partial charge on any atom is 0.241 e. The van der Waals surface area contributed by atoms with Crippen LogP contribution in [0.3, 0.4) is 0 Å². The molecule has 8 amide bonds. The Morgan fingerprint density at radius 2 is 0.528 bits per heavy atom. The molecule has 1 aliphatic rings. The molecule has 16 heteroatoms. The standard InChI is InChI=1S/C20H32N8O8/c1-9-5-13(29)21-22-14(30)6-11(3)19(35)27-28-20(36)12(4)8-16(32)24-26-18(34)10(2)7-15(31)23-25-17(9)33/h9-12H,5-8H2,1-4H3,(H,21,29)(H,22,30)(H,23,31)(H,24,32)(H,25,33)(H,26,34)(H,27,35)(H,28,36). The molecule has 1 rings (SSSR count). The van der Waals surface area contributed by atoms with E-state index in [1.54, 1.807) is 0 Å². The van der Waals surface area contributed by atoms with Gasteiger partial charge in [-0.2, -0.15) is 0 Å². The van der Waals surface area contributed by atoms with Crippen molar-refractivity contribution in [3.8, 4) is 0 Å². The predicted octanol–water partition coefficient (Wildman–Crippen LogP) is -3.31. The lowest BCUT2D eigenvalue weighted by molar-refractivity contribution is -0.137. The summed E-state index contributed by atoms with van der Waals surface area (Å²) in [5.41, 5.74) is 17.0. The Bertz CT molecular complexity index is 908. The van der Waals surface area contributed by atoms with Gasteiger partial charge in [-0.05, 0) is 0 Å². The predicted molar refractivity (Wildman–Crippen MR) is 120 cm³/mol. The van der Waals surface area contributed by atoms with Crippen LogP contribution in [0.1, 0.15) is 53.4 Å². The molecule has 36 heavy (non-hydrogen) atoms. The van der Waals surface area contributed by atoms with Gasteiger partial charge in [0.05, 0.1) is 0 Å². The van der Waals surface area contributed by atoms with Crippen molar-refractivity contribution >= 4 is 47.3 Å². The van der Waals surface area contributed by atoms with Crippen molar-refractivity contribution in [1.82, 2.24) is 43.4 Å². The van der Waals surface area contributed by atoms with E-state index in [2.05, 4.69) is 43.4 Å². The maximum absolute atomic E-state index is 12.1. The molecule has 0 aromatic heterocycles. The summed E-state index contributed by atoms with van der Waals surface area (Å²) in [4.78, 5) is 96.4. The van der Waals surface area contributed by atoms with Crippen LogP contribution in [-0.2, 0) is 38.4 Å². The molecule has 0 aromatic carbocycles. The molecule has 0 radical (unpaired) electrons. The maximum atomic E-state index is 12.1. The topological polar surface area (TPSA) is 233 Å². The van der Waals surface area contributed by atoms with Crippen LogP contribution in [0.25, 0.3) is 0 Å². The van der Waals surface area contributed by atoms with Gasteiger partial charge in [-0.15, -0.1) is 0 Å². The quantitative estimate of drug-likeness (QED) is 0.163. The Labute approximate surface area is 206 Å². The van der Waals surface area contributed by atoms with Gasteiger partial charge in [-0.25, -0.2) is 0 Å². The molecule has 0 aromatic rings. The number of hydrogen-bond acceptors (Lipinski definition) is 8. The van der Waals surface area contributed by atoms with Crippen LogP contribution < -0.4 is 43.4 Å². The van der Waals surface area contributed by atoms with Gasteiger partial charge < -0.3 is 0 Å². The molecule has 1 fully saturated rings. The van der Waals surface area contributed by atoms with Gasteiger partial charge in [-0.3, -0.25) is 81.8 Å². The third-order valence-corrected chi connectivity index (χ3v) is 5.06. The number of amides is 8. The smallest absolute Gasteiger partial charge is 0.241 e. The zero-order valence-electron chi connectivity index (χ0n) is 20.4. The highest BCUT2D eigenvalue weighted by Crippen LogP contribution is 2.05. The Balaban J connectivity index is 2.85. The van der Waals surface area contributed by atoms with E-state index >= 15 is 0 Å². The third kappa shape index (κ3) is 10.8. The first kappa shape index (κ1) is 29.8. The number of hydrogen-bond donors (Lipinski definition) is 8. The fraction of sp³-hybridized carbons (Fsp3) is 0.600. The SMILES string of the molecule is CC1CC(=O)NNC(=O)CC(C)C(=O)NNC(=O)C(C)CC(=O)NNC(=O)C(C)CC(=O)NNC1=O. The third-order valence-electron chi connectivity index (χ3n) is 5.06. The van der Waals surface area contributed by atoms with Crippen LogP contribution in [0.5, 0.6) is 0 Å². The molecule has 200 valence electrons. The highest BCUT2D eigenvalue weighted by Gasteiger charge is 2.23. The van der Waals surface area contributed by atoms with Crippen LogP contribution >= 0.6 is 0 Å². The summed E-state index contributed by atoms with van der Waals surface area (Å²) in [7, 11) is 0. The molecule has 4 atom stereocenters. The van der Waals surface area contributed by atoms with E-state index in [1.807, 2.05) is 0 Å². The Hall–Kier alpha value is -4.24. The van der Waals surface area contributed by atoms with Crippen molar-refractivity contribution < 1.29 is 38.4 Å². The zero-order chi connectivity index (χ0) is 27.4. The summed E-state index contributed by atoms with van der Waals surface area (Å²) < 4.78 is 0. The fourth-order valence-electron chi connectivity index (χ4n) is 2.71. The highest BCUT2D eigenvalue weighted by atomic mass is 16.2. The van der Waals surface area contributed by atoms with E-state index in [4.69, 9.17) is 0 Å². The van der Waals surface area contributed by atoms with E-state index in [9.17, 15) is 38.4 Å². The van der Waals surface area contributed by atoms with Crippen molar-refractivity contribution in [2.24, 2.45) is 23.7 Å². The number of rotatable bonds is 0. The van der Waals surface area contributed by atoms with Crippen molar-refractivity contribution in [2.75, 3.05) is 0 Å². The number of nitrogens with one attached hydrogen (secondary N) is 8. The zero-order valence-corrected chi connectivity index (χ0v) is 20.4. The average molecular weight is 513 g/mol. The van der Waals surface area contributed by atoms with E-state index in [0.717, 1.165) is 0 Å². The minimum absolute atomic E-state index is 0.333. The molecule has 16 nitrogen and oxygen atoms in total. The minimum Gasteiger partial charge on any atom is -0.273 e. The highest BCUT2D eigenvalue weighted by molar-refractivity contribution is 5.92. The Morgan fingerprint density at radius 3 is 0.750 bits per heavy atom. The molecule has 1 aliphatic heterocycles. The minimum atomic E-state index is -0.893. The summed E-state index contributed by atoms with van der Waals surface area (Å²) in [5.74, 6) is -9.11. The van der Waals surface area contributed by atoms with Crippen molar-refractivity contribution in [1.29, 1.82) is 0 Å². The summed E-state index contributed by atoms with van der Waals surface area (Å²) in [5, 5.41) is 0. The average Bonchev–Trinajstić information content (AvgIpc) is 2.81. The lowest BCUT2D eigenvalue weighted by Crippen LogP contribution is -2.50. The lowest BCUT2D eigenvalue weighted by Gasteiger charge is -2.17. The summed E-state index contributed by atoms with van der Waals surface area (Å²) in [6.45, 7) is 5.64. The largest absolute Gasteiger partial charge is 0.273 e. The van der Waals surface area contributed by atoms with Gasteiger partial charge in [0, 0.05) is 49.4 Å². The van der Waals surface area contributed by atoms with Crippen LogP contribution in [0.2, 0.25) is 0 Å². The van der Waals surface area contributed by atoms with E-state index in [1.165, 1.54) is 27.7 Å². The van der Waals surface area contributed by atoms with Gasteiger partial charge in [0.15, 0.2) is 0 Å². The normalized spacial score (nSPS) is 27.0. The summed E-state index contributed by atoms with van der Waals surface area (Å²) >= 11 is 0. The van der Waals surface area contributed by atoms with Gasteiger partial charge in [-0.1, -0.05) is 27.7 Å². The second kappa shape index (κ2) is 14.2. The van der Waals surface area contributed by atoms with Crippen LogP contribution in [0.4, 0.5) is 0 Å². The second-order valence-electron chi connectivity index (χ2n) is 8.57. The van der Waals surface area contributed by atoms with Gasteiger partial charge >= 0.3 is 0 Å². The molecule has 4 unspecified atom stereocenters.